The number of para-hydroxylation sites is 4. The molecule has 0 aliphatic heterocycles. The molecule has 18 aromatic rings. The van der Waals surface area contributed by atoms with E-state index in [-0.39, 0.29) is 5.69 Å². The third kappa shape index (κ3) is 12.6. The van der Waals surface area contributed by atoms with E-state index in [1.165, 1.54) is 56.7 Å². The molecule has 20 nitrogen and oxygen atoms in total. The summed E-state index contributed by atoms with van der Waals surface area (Å²) in [6.07, 6.45) is 12.5. The molecule has 16 aromatic heterocycles. The lowest BCUT2D eigenvalue weighted by molar-refractivity contribution is -0.685. The van der Waals surface area contributed by atoms with E-state index >= 15 is 0 Å². The molecule has 558 valence electrons. The average molecular weight is 1480 g/mol. The number of benzene rings is 2. The van der Waals surface area contributed by atoms with E-state index in [4.69, 9.17) is 23.2 Å². The largest absolute Gasteiger partial charge is 0.308 e. The lowest BCUT2D eigenvalue weighted by Crippen LogP contribution is -2.40. The number of aromatic nitrogens is 20. The first-order valence-electron chi connectivity index (χ1n) is 40.3. The van der Waals surface area contributed by atoms with Crippen molar-refractivity contribution in [2.24, 2.45) is 84.6 Å². The van der Waals surface area contributed by atoms with Gasteiger partial charge in [-0.1, -0.05) is 24.3 Å². The summed E-state index contributed by atoms with van der Waals surface area (Å²) in [6, 6.07) is 56.4. The van der Waals surface area contributed by atoms with E-state index in [1.807, 2.05) is 131 Å². The quantitative estimate of drug-likeness (QED) is 0.141. The second-order valence-corrected chi connectivity index (χ2v) is 29.7. The van der Waals surface area contributed by atoms with E-state index in [0.29, 0.717) is 17.0 Å². The second kappa shape index (κ2) is 28.6. The molecule has 0 bridgehead atoms. The molecule has 0 saturated carbocycles. The number of rotatable bonds is 8. The molecule has 0 fully saturated rings. The fourth-order valence-electron chi connectivity index (χ4n) is 16.2. The van der Waals surface area contributed by atoms with E-state index in [9.17, 15) is 0 Å². The zero-order valence-electron chi connectivity index (χ0n) is 73.5. The number of pyridine rings is 8. The molecule has 16 heterocycles. The molecule has 111 heavy (non-hydrogen) atoms. The van der Waals surface area contributed by atoms with Crippen molar-refractivity contribution in [3.05, 3.63) is 263 Å². The van der Waals surface area contributed by atoms with Crippen molar-refractivity contribution in [2.45, 2.75) is 76.0 Å². The van der Waals surface area contributed by atoms with Gasteiger partial charge in [-0.25, -0.2) is 19.9 Å². The van der Waals surface area contributed by atoms with Crippen molar-refractivity contribution < 1.29 is 44.8 Å². The van der Waals surface area contributed by atoms with Crippen LogP contribution in [0.3, 0.4) is 0 Å². The van der Waals surface area contributed by atoms with Gasteiger partial charge in [0.05, 0.1) is 44.8 Å². The number of nitrogens with zero attached hydrogens (tertiary/aromatic N) is 20. The van der Waals surface area contributed by atoms with Gasteiger partial charge < -0.3 is 18.3 Å². The zero-order chi connectivity index (χ0) is 83.6. The molecule has 0 spiro atoms. The first-order chi connectivity index (χ1) is 55.5. The van der Waals surface area contributed by atoms with E-state index < -0.39 is 13.7 Å². The first-order valence-corrected chi connectivity index (χ1v) is 37.3. The van der Waals surface area contributed by atoms with Crippen LogP contribution in [-0.2, 0) is 84.6 Å². The minimum Gasteiger partial charge on any atom is -0.308 e. The number of hydrogen-bond acceptors (Lipinski definition) is 4. The smallest absolute Gasteiger partial charge is 0.277 e. The van der Waals surface area contributed by atoms with Crippen LogP contribution < -0.4 is 36.5 Å². The van der Waals surface area contributed by atoms with Gasteiger partial charge in [0.1, 0.15) is 79.2 Å². The van der Waals surface area contributed by atoms with Crippen LogP contribution in [0, 0.1) is 76.0 Å². The van der Waals surface area contributed by atoms with Crippen LogP contribution in [0.15, 0.2) is 201 Å². The standard InChI is InChI=1S/C25H27N5.C23H23N5.C22H27N5.C21H25N5/c1-16-11-22(21-13-17(2)18(3)14-27(21)4)28(5)23(12-16)24-15-30-20-10-8-7-9-19(20)26-25(30)29(24)6;1-16-12-13-19(25(2)14-16)20-10-7-11-21(26(20)3)22-15-28-18-9-6-5-8-17(18)24-23(28)27(22)4;1-14-12-19(18-10-8-9-11-24(18)5)25(6)20(13-14)21-17(4)27-16(3)15(2)23-22(27)26(21)7;1-14-15(2)26-16(3)20(25(6)21(26)22-14)19-12-9-11-18(24(19)5)17-10-7-8-13-23(17)4/h7-15H,1-6H3;5-15H,1-4H3;8-13H,1-7H3;7-13H,1-6H3/q4*+2/i2D3;;;1D3. The highest BCUT2D eigenvalue weighted by Crippen LogP contribution is 2.33. The summed E-state index contributed by atoms with van der Waals surface area (Å²) in [5.41, 5.74) is 31.7. The fourth-order valence-corrected chi connectivity index (χ4v) is 16.2. The van der Waals surface area contributed by atoms with Crippen molar-refractivity contribution in [1.29, 1.82) is 0 Å². The highest BCUT2D eigenvalue weighted by molar-refractivity contribution is 5.82. The Labute approximate surface area is 657 Å². The second-order valence-electron chi connectivity index (χ2n) is 29.7. The SMILES string of the molecule is Cc1cc(-c2c(C)n3c(C)c(C)nc3n2C)[n+](C)c(-c2cccc[n+]2C)c1.Cc1ccc(-c2cccc(-c3cn4c5ccccc5nc4n3C)[n+]2C)[n+](C)c1.[2H]C([2H])([2H])c1cc(-c2cc(C)cc(-c3cn4c5ccccc5nc4n3C)[n+]2C)[n+](C)cc1C.[2H]C([2H])([2H])c1nc2n(C)c(-c3cccc(-c4cccc[n+]4C)[n+]3C)c(C)n2c1C. The molecule has 0 radical (unpaired) electrons. The summed E-state index contributed by atoms with van der Waals surface area (Å²) in [7, 11) is 24.6. The molecule has 0 atom stereocenters. The molecular formula is C91H102N20+8. The molecular weight excluding hydrogens is 1370 g/mol. The fraction of sp³-hybridized carbons (Fsp3) is 0.253. The Morgan fingerprint density at radius 3 is 1.27 bits per heavy atom. The van der Waals surface area contributed by atoms with Crippen molar-refractivity contribution in [3.8, 4) is 91.1 Å². The van der Waals surface area contributed by atoms with Crippen molar-refractivity contribution >= 4 is 45.2 Å². The van der Waals surface area contributed by atoms with E-state index in [1.54, 1.807) is 6.07 Å². The van der Waals surface area contributed by atoms with Gasteiger partial charge in [0.15, 0.2) is 24.8 Å². The van der Waals surface area contributed by atoms with Crippen LogP contribution in [0.2, 0.25) is 0 Å². The predicted molar refractivity (Wildman–Crippen MR) is 437 cm³/mol. The highest BCUT2D eigenvalue weighted by atomic mass is 15.2. The van der Waals surface area contributed by atoms with Crippen LogP contribution in [0.25, 0.3) is 136 Å². The maximum atomic E-state index is 7.96. The minimum absolute atomic E-state index is 0.159. The Morgan fingerprint density at radius 1 is 0.306 bits per heavy atom. The highest BCUT2D eigenvalue weighted by Gasteiger charge is 2.33. The van der Waals surface area contributed by atoms with Gasteiger partial charge >= 0.3 is 0 Å². The molecule has 0 unspecified atom stereocenters. The van der Waals surface area contributed by atoms with Crippen LogP contribution in [0.1, 0.15) is 70.2 Å². The van der Waals surface area contributed by atoms with Crippen LogP contribution in [-0.4, -0.2) is 55.8 Å². The monoisotopic (exact) mass is 1480 g/mol. The molecule has 2 aromatic carbocycles. The maximum absolute atomic E-state index is 7.96. The molecule has 0 aliphatic rings. The molecule has 0 amide bonds. The summed E-state index contributed by atoms with van der Waals surface area (Å²) >= 11 is 0. The molecule has 0 N–H and O–H groups in total. The predicted octanol–water partition coefficient (Wildman–Crippen LogP) is 12.3. The summed E-state index contributed by atoms with van der Waals surface area (Å²) in [4.78, 5) is 18.9. The van der Waals surface area contributed by atoms with Gasteiger partial charge in [0.25, 0.3) is 45.6 Å². The molecule has 0 saturated heterocycles. The van der Waals surface area contributed by atoms with Crippen molar-refractivity contribution in [2.75, 3.05) is 0 Å². The molecule has 18 rings (SSSR count). The minimum atomic E-state index is -2.23. The van der Waals surface area contributed by atoms with Gasteiger partial charge in [-0.3, -0.25) is 17.6 Å². The number of hydrogen-bond donors (Lipinski definition) is 0. The summed E-state index contributed by atoms with van der Waals surface area (Å²) < 4.78 is 81.3. The Bertz CT molecular complexity index is 7020. The van der Waals surface area contributed by atoms with Gasteiger partial charge in [0.2, 0.25) is 45.9 Å². The van der Waals surface area contributed by atoms with Gasteiger partial charge in [-0.2, -0.15) is 36.5 Å². The van der Waals surface area contributed by atoms with E-state index in [0.717, 1.165) is 119 Å². The van der Waals surface area contributed by atoms with Gasteiger partial charge in [-0.15, -0.1) is 0 Å². The Kier molecular flexibility index (Phi) is 17.1. The van der Waals surface area contributed by atoms with Crippen LogP contribution in [0.4, 0.5) is 0 Å². The van der Waals surface area contributed by atoms with Crippen LogP contribution in [0.5, 0.6) is 0 Å². The van der Waals surface area contributed by atoms with Gasteiger partial charge in [0, 0.05) is 156 Å². The Balaban J connectivity index is 0.000000123. The third-order valence-corrected chi connectivity index (χ3v) is 22.3. The molecule has 0 aliphatic carbocycles. The van der Waals surface area contributed by atoms with Crippen molar-refractivity contribution in [3.63, 3.8) is 0 Å². The van der Waals surface area contributed by atoms with E-state index in [2.05, 4.69) is 288 Å². The van der Waals surface area contributed by atoms with Gasteiger partial charge in [-0.05, 0) is 147 Å². The third-order valence-electron chi connectivity index (χ3n) is 22.3. The number of fused-ring (bicyclic) bond motifs is 8. The Morgan fingerprint density at radius 2 is 0.730 bits per heavy atom. The normalized spacial score (nSPS) is 12.6. The number of imidazole rings is 8. The molecule has 20 heteroatoms. The number of aryl methyl sites for hydroxylation is 19. The summed E-state index contributed by atoms with van der Waals surface area (Å²) in [5, 5.41) is 0. The zero-order valence-corrected chi connectivity index (χ0v) is 67.5. The van der Waals surface area contributed by atoms with Crippen molar-refractivity contribution in [1.82, 2.24) is 55.8 Å². The topological polar surface area (TPSA) is 120 Å². The lowest BCUT2D eigenvalue weighted by atomic mass is 10.1. The summed E-state index contributed by atoms with van der Waals surface area (Å²) in [5.74, 6) is 3.45. The maximum Gasteiger partial charge on any atom is 0.277 e. The summed E-state index contributed by atoms with van der Waals surface area (Å²) in [6.45, 7) is 14.0. The average Bonchev–Trinajstić information content (AvgIpc) is 1.57. The van der Waals surface area contributed by atoms with Crippen LogP contribution >= 0.6 is 0 Å². The lowest BCUT2D eigenvalue weighted by Gasteiger charge is -2.08. The Hall–Kier alpha value is -12.8. The first kappa shape index (κ1) is 66.4.